The molecule has 1 fully saturated rings. The van der Waals surface area contributed by atoms with Crippen molar-refractivity contribution in [3.05, 3.63) is 53.9 Å². The molecule has 0 aromatic carbocycles. The minimum atomic E-state index is 0.190. The molecule has 136 valence electrons. The van der Waals surface area contributed by atoms with E-state index in [1.165, 1.54) is 5.56 Å². The molecule has 1 aliphatic carbocycles. The highest BCUT2D eigenvalue weighted by Gasteiger charge is 2.24. The predicted molar refractivity (Wildman–Crippen MR) is 105 cm³/mol. The standard InChI is InChI=1S/C22H27N3O/c1-16-9-11-24-20(13-16)21-14-18(10-12-25-21)4-2-3-17-5-7-19(8-6-17)22(26)15-23/h2,4,9-14,17,19H,3,5-8,15,23H2,1H3/b4-2+. The molecule has 0 unspecified atom stereocenters. The van der Waals surface area contributed by atoms with Gasteiger partial charge < -0.3 is 5.73 Å². The molecule has 0 saturated heterocycles. The molecule has 2 heterocycles. The molecule has 2 aromatic rings. The zero-order valence-corrected chi connectivity index (χ0v) is 15.4. The third-order valence-electron chi connectivity index (χ3n) is 5.24. The van der Waals surface area contributed by atoms with Gasteiger partial charge in [-0.05, 0) is 80.3 Å². The average molecular weight is 349 g/mol. The maximum Gasteiger partial charge on any atom is 0.149 e. The van der Waals surface area contributed by atoms with Crippen LogP contribution in [0, 0.1) is 18.8 Å². The van der Waals surface area contributed by atoms with E-state index in [9.17, 15) is 4.79 Å². The quantitative estimate of drug-likeness (QED) is 0.849. The number of Topliss-reactive ketones (excluding diaryl/α,β-unsaturated/α-hetero) is 1. The van der Waals surface area contributed by atoms with Crippen LogP contribution < -0.4 is 5.73 Å². The summed E-state index contributed by atoms with van der Waals surface area (Å²) in [4.78, 5) is 20.5. The first-order valence-electron chi connectivity index (χ1n) is 9.44. The summed E-state index contributed by atoms with van der Waals surface area (Å²) < 4.78 is 0. The highest BCUT2D eigenvalue weighted by molar-refractivity contribution is 5.82. The van der Waals surface area contributed by atoms with Crippen LogP contribution >= 0.6 is 0 Å². The SMILES string of the molecule is Cc1ccnc(-c2cc(/C=C/CC3CCC(C(=O)CN)CC3)ccn2)c1. The summed E-state index contributed by atoms with van der Waals surface area (Å²) in [5, 5.41) is 0. The van der Waals surface area contributed by atoms with Gasteiger partial charge in [0.2, 0.25) is 0 Å². The number of aryl methyl sites for hydroxylation is 1. The molecule has 0 atom stereocenters. The second-order valence-electron chi connectivity index (χ2n) is 7.22. The van der Waals surface area contributed by atoms with E-state index < -0.39 is 0 Å². The van der Waals surface area contributed by atoms with Crippen molar-refractivity contribution in [1.29, 1.82) is 0 Å². The fraction of sp³-hybridized carbons (Fsp3) is 0.409. The molecule has 4 nitrogen and oxygen atoms in total. The van der Waals surface area contributed by atoms with Gasteiger partial charge >= 0.3 is 0 Å². The van der Waals surface area contributed by atoms with E-state index in [1.807, 2.05) is 24.5 Å². The van der Waals surface area contributed by atoms with Crippen LogP contribution in [0.15, 0.2) is 42.7 Å². The molecule has 0 bridgehead atoms. The number of pyridine rings is 2. The second kappa shape index (κ2) is 8.86. The van der Waals surface area contributed by atoms with Gasteiger partial charge in [0.25, 0.3) is 0 Å². The molecule has 2 N–H and O–H groups in total. The minimum Gasteiger partial charge on any atom is -0.324 e. The molecule has 0 amide bonds. The lowest BCUT2D eigenvalue weighted by atomic mass is 9.78. The number of rotatable bonds is 6. The highest BCUT2D eigenvalue weighted by atomic mass is 16.1. The van der Waals surface area contributed by atoms with Crippen molar-refractivity contribution in [3.63, 3.8) is 0 Å². The van der Waals surface area contributed by atoms with Crippen molar-refractivity contribution in [3.8, 4) is 11.4 Å². The predicted octanol–water partition coefficient (Wildman–Crippen LogP) is 4.19. The number of carbonyl (C=O) groups excluding carboxylic acids is 1. The van der Waals surface area contributed by atoms with Gasteiger partial charge in [0.1, 0.15) is 5.78 Å². The summed E-state index contributed by atoms with van der Waals surface area (Å²) in [5.74, 6) is 1.10. The van der Waals surface area contributed by atoms with Crippen molar-refractivity contribution in [1.82, 2.24) is 9.97 Å². The molecular formula is C22H27N3O. The first kappa shape index (κ1) is 18.5. The molecule has 0 spiro atoms. The van der Waals surface area contributed by atoms with Gasteiger partial charge in [-0.3, -0.25) is 14.8 Å². The van der Waals surface area contributed by atoms with Gasteiger partial charge in [0, 0.05) is 18.3 Å². The van der Waals surface area contributed by atoms with Crippen LogP contribution in [-0.4, -0.2) is 22.3 Å². The Morgan fingerprint density at radius 3 is 2.50 bits per heavy atom. The Bertz CT molecular complexity index is 776. The zero-order valence-electron chi connectivity index (χ0n) is 15.4. The number of hydrogen-bond donors (Lipinski definition) is 1. The Kier molecular flexibility index (Phi) is 6.29. The fourth-order valence-electron chi connectivity index (χ4n) is 3.65. The molecule has 0 aliphatic heterocycles. The summed E-state index contributed by atoms with van der Waals surface area (Å²) in [6.07, 6.45) is 13.4. The highest BCUT2D eigenvalue weighted by Crippen LogP contribution is 2.31. The third-order valence-corrected chi connectivity index (χ3v) is 5.24. The van der Waals surface area contributed by atoms with E-state index in [2.05, 4.69) is 41.2 Å². The van der Waals surface area contributed by atoms with Crippen molar-refractivity contribution in [2.45, 2.75) is 39.0 Å². The monoisotopic (exact) mass is 349 g/mol. The van der Waals surface area contributed by atoms with E-state index in [0.717, 1.165) is 49.1 Å². The van der Waals surface area contributed by atoms with E-state index >= 15 is 0 Å². The molecule has 1 saturated carbocycles. The second-order valence-corrected chi connectivity index (χ2v) is 7.22. The van der Waals surface area contributed by atoms with Crippen LogP contribution in [0.1, 0.15) is 43.2 Å². The normalized spacial score (nSPS) is 20.4. The number of ketones is 1. The fourth-order valence-corrected chi connectivity index (χ4v) is 3.65. The van der Waals surface area contributed by atoms with Crippen LogP contribution in [0.5, 0.6) is 0 Å². The van der Waals surface area contributed by atoms with E-state index in [1.54, 1.807) is 0 Å². The maximum atomic E-state index is 11.7. The Morgan fingerprint density at radius 2 is 1.81 bits per heavy atom. The van der Waals surface area contributed by atoms with Gasteiger partial charge in [0.15, 0.2) is 0 Å². The number of aromatic nitrogens is 2. The lowest BCUT2D eigenvalue weighted by molar-refractivity contribution is -0.122. The first-order chi connectivity index (χ1) is 12.7. The molecule has 0 radical (unpaired) electrons. The van der Waals surface area contributed by atoms with Gasteiger partial charge in [0.05, 0.1) is 17.9 Å². The molecule has 26 heavy (non-hydrogen) atoms. The lowest BCUT2D eigenvalue weighted by Crippen LogP contribution is -2.27. The molecule has 4 heteroatoms. The van der Waals surface area contributed by atoms with E-state index in [-0.39, 0.29) is 18.2 Å². The van der Waals surface area contributed by atoms with Crippen LogP contribution in [0.4, 0.5) is 0 Å². The van der Waals surface area contributed by atoms with Crippen molar-refractivity contribution < 1.29 is 4.79 Å². The van der Waals surface area contributed by atoms with Crippen LogP contribution in [0.25, 0.3) is 17.5 Å². The topological polar surface area (TPSA) is 68.9 Å². The zero-order chi connectivity index (χ0) is 18.4. The summed E-state index contributed by atoms with van der Waals surface area (Å²) in [6, 6.07) is 8.14. The number of hydrogen-bond acceptors (Lipinski definition) is 4. The number of nitrogens with two attached hydrogens (primary N) is 1. The summed E-state index contributed by atoms with van der Waals surface area (Å²) in [6.45, 7) is 2.25. The van der Waals surface area contributed by atoms with Crippen molar-refractivity contribution >= 4 is 11.9 Å². The third kappa shape index (κ3) is 4.85. The van der Waals surface area contributed by atoms with Crippen molar-refractivity contribution in [2.24, 2.45) is 17.6 Å². The van der Waals surface area contributed by atoms with E-state index in [4.69, 9.17) is 5.73 Å². The summed E-state index contributed by atoms with van der Waals surface area (Å²) >= 11 is 0. The van der Waals surface area contributed by atoms with Crippen LogP contribution in [0.3, 0.4) is 0 Å². The van der Waals surface area contributed by atoms with Gasteiger partial charge in [-0.2, -0.15) is 0 Å². The lowest BCUT2D eigenvalue weighted by Gasteiger charge is -2.26. The average Bonchev–Trinajstić information content (AvgIpc) is 2.68. The Balaban J connectivity index is 1.56. The largest absolute Gasteiger partial charge is 0.324 e. The minimum absolute atomic E-state index is 0.190. The van der Waals surface area contributed by atoms with Gasteiger partial charge in [-0.25, -0.2) is 0 Å². The van der Waals surface area contributed by atoms with E-state index in [0.29, 0.717) is 5.92 Å². The number of nitrogens with zero attached hydrogens (tertiary/aromatic N) is 2. The van der Waals surface area contributed by atoms with Gasteiger partial charge in [-0.1, -0.05) is 12.2 Å². The van der Waals surface area contributed by atoms with Gasteiger partial charge in [-0.15, -0.1) is 0 Å². The van der Waals surface area contributed by atoms with Crippen LogP contribution in [0.2, 0.25) is 0 Å². The Hall–Kier alpha value is -2.33. The Labute approximate surface area is 155 Å². The molecular weight excluding hydrogens is 322 g/mol. The Morgan fingerprint density at radius 1 is 1.12 bits per heavy atom. The number of carbonyl (C=O) groups is 1. The number of allylic oxidation sites excluding steroid dienone is 1. The van der Waals surface area contributed by atoms with Crippen LogP contribution in [-0.2, 0) is 4.79 Å². The maximum absolute atomic E-state index is 11.7. The first-order valence-corrected chi connectivity index (χ1v) is 9.44. The summed E-state index contributed by atoms with van der Waals surface area (Å²) in [7, 11) is 0. The summed E-state index contributed by atoms with van der Waals surface area (Å²) in [5.41, 5.74) is 9.61. The smallest absolute Gasteiger partial charge is 0.149 e. The van der Waals surface area contributed by atoms with Crippen molar-refractivity contribution in [2.75, 3.05) is 6.54 Å². The molecule has 1 aliphatic rings. The molecule has 2 aromatic heterocycles. The molecule has 3 rings (SSSR count).